The number of amides is 1. The number of rotatable bonds is 3. The van der Waals surface area contributed by atoms with E-state index in [0.717, 1.165) is 19.4 Å². The van der Waals surface area contributed by atoms with Crippen molar-refractivity contribution >= 4 is 5.91 Å². The number of morpholine rings is 1. The summed E-state index contributed by atoms with van der Waals surface area (Å²) >= 11 is 0. The molecule has 2 rings (SSSR count). The van der Waals surface area contributed by atoms with Crippen molar-refractivity contribution in [3.05, 3.63) is 0 Å². The molecule has 0 aromatic rings. The molecule has 5 nitrogen and oxygen atoms in total. The van der Waals surface area contributed by atoms with Crippen LogP contribution in [-0.4, -0.2) is 72.9 Å². The van der Waals surface area contributed by atoms with Crippen LogP contribution < -0.4 is 0 Å². The second kappa shape index (κ2) is 5.61. The Morgan fingerprint density at radius 2 is 2.06 bits per heavy atom. The lowest BCUT2D eigenvalue weighted by atomic mass is 10.2. The first-order valence-electron chi connectivity index (χ1n) is 6.04. The van der Waals surface area contributed by atoms with Crippen molar-refractivity contribution in [3.63, 3.8) is 0 Å². The van der Waals surface area contributed by atoms with Gasteiger partial charge in [0.15, 0.2) is 0 Å². The number of carbonyl (C=O) groups excluding carboxylic acids is 1. The number of hydrogen-bond donors (Lipinski definition) is 1. The van der Waals surface area contributed by atoms with Gasteiger partial charge >= 0.3 is 0 Å². The third-order valence-corrected chi connectivity index (χ3v) is 3.36. The number of carbonyl (C=O) groups is 1. The zero-order valence-electron chi connectivity index (χ0n) is 9.60. The maximum Gasteiger partial charge on any atom is 0.240 e. The van der Waals surface area contributed by atoms with E-state index in [-0.39, 0.29) is 18.6 Å². The van der Waals surface area contributed by atoms with E-state index in [9.17, 15) is 4.79 Å². The molecule has 2 fully saturated rings. The number of likely N-dealkylation sites (tertiary alicyclic amines) is 1. The first-order chi connectivity index (χ1) is 7.83. The second-order valence-electron chi connectivity index (χ2n) is 4.36. The monoisotopic (exact) mass is 228 g/mol. The number of aliphatic hydroxyl groups is 1. The molecule has 2 aliphatic rings. The van der Waals surface area contributed by atoms with Crippen LogP contribution in [0.1, 0.15) is 12.8 Å². The topological polar surface area (TPSA) is 53.0 Å². The van der Waals surface area contributed by atoms with Gasteiger partial charge in [0.25, 0.3) is 0 Å². The van der Waals surface area contributed by atoms with Crippen LogP contribution in [-0.2, 0) is 9.53 Å². The number of aliphatic hydroxyl groups excluding tert-OH is 1. The van der Waals surface area contributed by atoms with E-state index in [4.69, 9.17) is 9.84 Å². The van der Waals surface area contributed by atoms with Gasteiger partial charge in [-0.3, -0.25) is 9.69 Å². The van der Waals surface area contributed by atoms with E-state index in [1.807, 2.05) is 4.90 Å². The standard InChI is InChI=1S/C11H20N2O3/c14-7-4-12-3-1-2-10(12)11(15)13-5-8-16-9-6-13/h10,14H,1-9H2. The molecule has 0 aromatic carbocycles. The average molecular weight is 228 g/mol. The van der Waals surface area contributed by atoms with Gasteiger partial charge in [-0.1, -0.05) is 0 Å². The van der Waals surface area contributed by atoms with E-state index in [2.05, 4.69) is 4.90 Å². The van der Waals surface area contributed by atoms with Crippen molar-refractivity contribution < 1.29 is 14.6 Å². The molecule has 5 heteroatoms. The van der Waals surface area contributed by atoms with E-state index in [1.54, 1.807) is 0 Å². The third-order valence-electron chi connectivity index (χ3n) is 3.36. The molecular weight excluding hydrogens is 208 g/mol. The van der Waals surface area contributed by atoms with Gasteiger partial charge in [-0.15, -0.1) is 0 Å². The summed E-state index contributed by atoms with van der Waals surface area (Å²) in [6, 6.07) is -0.00903. The lowest BCUT2D eigenvalue weighted by Gasteiger charge is -2.32. The molecule has 92 valence electrons. The van der Waals surface area contributed by atoms with Crippen molar-refractivity contribution in [1.29, 1.82) is 0 Å². The Kier molecular flexibility index (Phi) is 4.15. The molecule has 16 heavy (non-hydrogen) atoms. The van der Waals surface area contributed by atoms with E-state index < -0.39 is 0 Å². The molecule has 1 N–H and O–H groups in total. The normalized spacial score (nSPS) is 27.3. The molecule has 2 heterocycles. The van der Waals surface area contributed by atoms with Gasteiger partial charge in [0.1, 0.15) is 0 Å². The Balaban J connectivity index is 1.91. The van der Waals surface area contributed by atoms with Crippen LogP contribution in [0.3, 0.4) is 0 Å². The average Bonchev–Trinajstić information content (AvgIpc) is 2.78. The predicted octanol–water partition coefficient (Wildman–Crippen LogP) is -0.698. The van der Waals surface area contributed by atoms with Crippen LogP contribution >= 0.6 is 0 Å². The van der Waals surface area contributed by atoms with Gasteiger partial charge in [-0.2, -0.15) is 0 Å². The Bertz CT molecular complexity index is 241. The molecule has 0 aliphatic carbocycles. The van der Waals surface area contributed by atoms with Gasteiger partial charge < -0.3 is 14.7 Å². The summed E-state index contributed by atoms with van der Waals surface area (Å²) in [7, 11) is 0. The van der Waals surface area contributed by atoms with Crippen molar-refractivity contribution in [3.8, 4) is 0 Å². The maximum absolute atomic E-state index is 12.2. The summed E-state index contributed by atoms with van der Waals surface area (Å²) in [4.78, 5) is 16.2. The van der Waals surface area contributed by atoms with Crippen molar-refractivity contribution in [2.75, 3.05) is 46.0 Å². The van der Waals surface area contributed by atoms with Crippen molar-refractivity contribution in [2.45, 2.75) is 18.9 Å². The highest BCUT2D eigenvalue weighted by Crippen LogP contribution is 2.19. The van der Waals surface area contributed by atoms with Crippen LogP contribution in [0, 0.1) is 0 Å². The van der Waals surface area contributed by atoms with Crippen molar-refractivity contribution in [2.24, 2.45) is 0 Å². The molecule has 0 spiro atoms. The van der Waals surface area contributed by atoms with Crippen LogP contribution in [0.2, 0.25) is 0 Å². The summed E-state index contributed by atoms with van der Waals surface area (Å²) in [5.74, 6) is 0.217. The minimum Gasteiger partial charge on any atom is -0.395 e. The largest absolute Gasteiger partial charge is 0.395 e. The fourth-order valence-corrected chi connectivity index (χ4v) is 2.50. The van der Waals surface area contributed by atoms with Gasteiger partial charge in [0, 0.05) is 19.6 Å². The quantitative estimate of drug-likeness (QED) is 0.694. The summed E-state index contributed by atoms with van der Waals surface area (Å²) < 4.78 is 5.24. The summed E-state index contributed by atoms with van der Waals surface area (Å²) in [6.45, 7) is 4.40. The fraction of sp³-hybridized carbons (Fsp3) is 0.909. The molecule has 1 atom stereocenters. The first-order valence-corrected chi connectivity index (χ1v) is 6.04. The zero-order chi connectivity index (χ0) is 11.4. The molecule has 0 bridgehead atoms. The highest BCUT2D eigenvalue weighted by molar-refractivity contribution is 5.82. The maximum atomic E-state index is 12.2. The van der Waals surface area contributed by atoms with Crippen molar-refractivity contribution in [1.82, 2.24) is 9.80 Å². The molecule has 1 amide bonds. The van der Waals surface area contributed by atoms with E-state index in [0.29, 0.717) is 32.8 Å². The smallest absolute Gasteiger partial charge is 0.240 e. The lowest BCUT2D eigenvalue weighted by Crippen LogP contribution is -2.50. The number of β-amino-alcohol motifs (C(OH)–C–C–N with tert-alkyl or cyclic N) is 1. The number of hydrogen-bond acceptors (Lipinski definition) is 4. The SMILES string of the molecule is O=C(C1CCCN1CCO)N1CCOCC1. The first kappa shape index (κ1) is 11.8. The lowest BCUT2D eigenvalue weighted by molar-refractivity contribution is -0.140. The molecule has 2 aliphatic heterocycles. The van der Waals surface area contributed by atoms with Crippen LogP contribution in [0.25, 0.3) is 0 Å². The zero-order valence-corrected chi connectivity index (χ0v) is 9.60. The molecule has 2 saturated heterocycles. The van der Waals surface area contributed by atoms with Crippen LogP contribution in [0.4, 0.5) is 0 Å². The summed E-state index contributed by atoms with van der Waals surface area (Å²) in [5.41, 5.74) is 0. The highest BCUT2D eigenvalue weighted by Gasteiger charge is 2.33. The fourth-order valence-electron chi connectivity index (χ4n) is 2.50. The highest BCUT2D eigenvalue weighted by atomic mass is 16.5. The Morgan fingerprint density at radius 1 is 1.31 bits per heavy atom. The number of ether oxygens (including phenoxy) is 1. The minimum atomic E-state index is -0.00903. The molecule has 0 aromatic heterocycles. The minimum absolute atomic E-state index is 0.00903. The van der Waals surface area contributed by atoms with Gasteiger partial charge in [-0.25, -0.2) is 0 Å². The number of nitrogens with zero attached hydrogens (tertiary/aromatic N) is 2. The van der Waals surface area contributed by atoms with Crippen LogP contribution in [0.15, 0.2) is 0 Å². The Hall–Kier alpha value is -0.650. The van der Waals surface area contributed by atoms with Gasteiger partial charge in [0.05, 0.1) is 25.9 Å². The van der Waals surface area contributed by atoms with Gasteiger partial charge in [-0.05, 0) is 19.4 Å². The predicted molar refractivity (Wildman–Crippen MR) is 59.1 cm³/mol. The Morgan fingerprint density at radius 3 is 2.75 bits per heavy atom. The molecule has 1 unspecified atom stereocenters. The van der Waals surface area contributed by atoms with E-state index >= 15 is 0 Å². The molecular formula is C11H20N2O3. The molecule has 0 saturated carbocycles. The van der Waals surface area contributed by atoms with Crippen LogP contribution in [0.5, 0.6) is 0 Å². The van der Waals surface area contributed by atoms with E-state index in [1.165, 1.54) is 0 Å². The second-order valence-corrected chi connectivity index (χ2v) is 4.36. The molecule has 0 radical (unpaired) electrons. The third kappa shape index (κ3) is 2.53. The summed E-state index contributed by atoms with van der Waals surface area (Å²) in [5, 5.41) is 8.95. The van der Waals surface area contributed by atoms with Gasteiger partial charge in [0.2, 0.25) is 5.91 Å². The summed E-state index contributed by atoms with van der Waals surface area (Å²) in [6.07, 6.45) is 1.98. The Labute approximate surface area is 96.0 Å².